The van der Waals surface area contributed by atoms with Crippen LogP contribution in [0.3, 0.4) is 0 Å². The molecule has 35 heavy (non-hydrogen) atoms. The molecule has 0 unspecified atom stereocenters. The largest absolute Gasteiger partial charge is 0.457 e. The molecule has 0 aliphatic carbocycles. The SMILES string of the molecule is CC(C)(C)n1ccc(NC(=O)Nc2ccc(Oc3ccnc(-c4cnn(CC#N)c4)c3)cc2F)n1. The zero-order valence-corrected chi connectivity index (χ0v) is 19.4. The number of nitrogens with one attached hydrogen (secondary N) is 2. The summed E-state index contributed by atoms with van der Waals surface area (Å²) in [5, 5.41) is 22.2. The molecule has 0 aliphatic heterocycles. The lowest BCUT2D eigenvalue weighted by molar-refractivity contribution is 0.262. The van der Waals surface area contributed by atoms with Gasteiger partial charge in [0.05, 0.1) is 29.2 Å². The quantitative estimate of drug-likeness (QED) is 0.406. The molecule has 2 amide bonds. The lowest BCUT2D eigenvalue weighted by Gasteiger charge is -2.18. The first kappa shape index (κ1) is 23.4. The van der Waals surface area contributed by atoms with Gasteiger partial charge in [0.25, 0.3) is 0 Å². The number of nitriles is 1. The topological polar surface area (TPSA) is 123 Å². The van der Waals surface area contributed by atoms with E-state index in [1.54, 1.807) is 47.7 Å². The van der Waals surface area contributed by atoms with Gasteiger partial charge in [0.1, 0.15) is 23.9 Å². The zero-order valence-electron chi connectivity index (χ0n) is 19.4. The van der Waals surface area contributed by atoms with Crippen LogP contribution in [0.2, 0.25) is 0 Å². The van der Waals surface area contributed by atoms with Crippen molar-refractivity contribution in [1.82, 2.24) is 24.5 Å². The highest BCUT2D eigenvalue weighted by molar-refractivity contribution is 5.99. The third kappa shape index (κ3) is 5.80. The summed E-state index contributed by atoms with van der Waals surface area (Å²) in [6.45, 7) is 6.09. The van der Waals surface area contributed by atoms with Crippen molar-refractivity contribution in [3.8, 4) is 28.8 Å². The predicted molar refractivity (Wildman–Crippen MR) is 127 cm³/mol. The van der Waals surface area contributed by atoms with Crippen LogP contribution in [-0.2, 0) is 12.1 Å². The van der Waals surface area contributed by atoms with Crippen LogP contribution in [0.25, 0.3) is 11.3 Å². The number of carbonyl (C=O) groups excluding carboxylic acids is 1. The van der Waals surface area contributed by atoms with E-state index >= 15 is 0 Å². The van der Waals surface area contributed by atoms with Crippen molar-refractivity contribution < 1.29 is 13.9 Å². The molecule has 4 rings (SSSR count). The van der Waals surface area contributed by atoms with E-state index in [1.807, 2.05) is 26.8 Å². The highest BCUT2D eigenvalue weighted by atomic mass is 19.1. The number of ether oxygens (including phenoxy) is 1. The van der Waals surface area contributed by atoms with Gasteiger partial charge in [-0.2, -0.15) is 15.5 Å². The number of hydrogen-bond acceptors (Lipinski definition) is 6. The highest BCUT2D eigenvalue weighted by Gasteiger charge is 2.15. The van der Waals surface area contributed by atoms with Gasteiger partial charge in [-0.05, 0) is 39.0 Å². The Hall–Kier alpha value is -4.72. The normalized spacial score (nSPS) is 11.1. The molecule has 0 fully saturated rings. The van der Waals surface area contributed by atoms with Crippen LogP contribution in [-0.4, -0.2) is 30.6 Å². The van der Waals surface area contributed by atoms with Gasteiger partial charge in [0, 0.05) is 42.4 Å². The third-order valence-electron chi connectivity index (χ3n) is 4.84. The molecule has 0 saturated carbocycles. The lowest BCUT2D eigenvalue weighted by atomic mass is 10.1. The lowest BCUT2D eigenvalue weighted by Crippen LogP contribution is -2.24. The highest BCUT2D eigenvalue weighted by Crippen LogP contribution is 2.28. The number of benzene rings is 1. The average molecular weight is 475 g/mol. The zero-order chi connectivity index (χ0) is 25.0. The molecule has 0 atom stereocenters. The number of amides is 2. The molecule has 4 aromatic rings. The van der Waals surface area contributed by atoms with Crippen molar-refractivity contribution in [2.75, 3.05) is 10.6 Å². The standard InChI is InChI=1S/C24H23FN8O2/c1-24(2,3)33-10-7-22(31-33)30-23(34)29-20-5-4-17(12-19(20)25)35-18-6-9-27-21(13-18)16-14-28-32(15-16)11-8-26/h4-7,9-10,12-15H,11H2,1-3H3,(H2,29,30,31,34). The molecular formula is C24H23FN8O2. The Kier molecular flexibility index (Phi) is 6.46. The van der Waals surface area contributed by atoms with Crippen LogP contribution in [0.15, 0.2) is 61.2 Å². The Morgan fingerprint density at radius 3 is 2.69 bits per heavy atom. The molecule has 3 aromatic heterocycles. The Morgan fingerprint density at radius 2 is 1.97 bits per heavy atom. The van der Waals surface area contributed by atoms with Crippen molar-refractivity contribution in [1.29, 1.82) is 5.26 Å². The first-order valence-electron chi connectivity index (χ1n) is 10.7. The number of halogens is 1. The minimum absolute atomic E-state index is 0.00886. The van der Waals surface area contributed by atoms with Gasteiger partial charge >= 0.3 is 6.03 Å². The smallest absolute Gasteiger partial charge is 0.324 e. The maximum Gasteiger partial charge on any atom is 0.324 e. The van der Waals surface area contributed by atoms with Crippen LogP contribution in [0.4, 0.5) is 20.7 Å². The molecule has 1 aromatic carbocycles. The first-order valence-corrected chi connectivity index (χ1v) is 10.7. The number of anilines is 2. The van der Waals surface area contributed by atoms with Gasteiger partial charge in [-0.3, -0.25) is 19.7 Å². The van der Waals surface area contributed by atoms with E-state index in [0.717, 1.165) is 5.56 Å². The summed E-state index contributed by atoms with van der Waals surface area (Å²) in [6, 6.07) is 10.5. The molecule has 0 aliphatic rings. The van der Waals surface area contributed by atoms with E-state index < -0.39 is 11.8 Å². The molecule has 11 heteroatoms. The van der Waals surface area contributed by atoms with Crippen LogP contribution in [0.5, 0.6) is 11.5 Å². The number of pyridine rings is 1. The average Bonchev–Trinajstić information content (AvgIpc) is 3.46. The van der Waals surface area contributed by atoms with Gasteiger partial charge in [-0.1, -0.05) is 0 Å². The van der Waals surface area contributed by atoms with Crippen LogP contribution >= 0.6 is 0 Å². The van der Waals surface area contributed by atoms with Crippen molar-refractivity contribution >= 4 is 17.5 Å². The van der Waals surface area contributed by atoms with Crippen LogP contribution in [0, 0.1) is 17.1 Å². The van der Waals surface area contributed by atoms with Gasteiger partial charge < -0.3 is 10.1 Å². The van der Waals surface area contributed by atoms with Gasteiger partial charge in [-0.15, -0.1) is 0 Å². The molecular weight excluding hydrogens is 451 g/mol. The molecule has 0 bridgehead atoms. The minimum atomic E-state index is -0.662. The Labute approximate surface area is 201 Å². The molecule has 0 radical (unpaired) electrons. The Bertz CT molecular complexity index is 1400. The summed E-state index contributed by atoms with van der Waals surface area (Å²) in [5.41, 5.74) is 1.07. The molecule has 2 N–H and O–H groups in total. The first-order chi connectivity index (χ1) is 16.7. The number of carbonyl (C=O) groups is 1. The van der Waals surface area contributed by atoms with Crippen LogP contribution in [0.1, 0.15) is 20.8 Å². The molecule has 3 heterocycles. The van der Waals surface area contributed by atoms with Crippen molar-refractivity contribution in [2.45, 2.75) is 32.9 Å². The number of nitrogens with zero attached hydrogens (tertiary/aromatic N) is 6. The summed E-state index contributed by atoms with van der Waals surface area (Å²) < 4.78 is 23.6. The molecule has 0 spiro atoms. The van der Waals surface area contributed by atoms with E-state index in [1.165, 1.54) is 22.9 Å². The third-order valence-corrected chi connectivity index (χ3v) is 4.84. The summed E-state index contributed by atoms with van der Waals surface area (Å²) in [5.74, 6) is 0.374. The maximum atomic E-state index is 14.6. The van der Waals surface area contributed by atoms with Gasteiger partial charge in [0.2, 0.25) is 0 Å². The second kappa shape index (κ2) is 9.64. The summed E-state index contributed by atoms with van der Waals surface area (Å²) in [7, 11) is 0. The van der Waals surface area contributed by atoms with Crippen LogP contribution < -0.4 is 15.4 Å². The fourth-order valence-corrected chi connectivity index (χ4v) is 3.12. The Balaban J connectivity index is 1.40. The second-order valence-electron chi connectivity index (χ2n) is 8.60. The summed E-state index contributed by atoms with van der Waals surface area (Å²) >= 11 is 0. The fourth-order valence-electron chi connectivity index (χ4n) is 3.12. The maximum absolute atomic E-state index is 14.6. The van der Waals surface area contributed by atoms with E-state index in [4.69, 9.17) is 10.00 Å². The van der Waals surface area contributed by atoms with E-state index in [9.17, 15) is 9.18 Å². The number of aromatic nitrogens is 5. The Morgan fingerprint density at radius 1 is 1.17 bits per heavy atom. The number of hydrogen-bond donors (Lipinski definition) is 2. The van der Waals surface area contributed by atoms with Crippen molar-refractivity contribution in [2.24, 2.45) is 0 Å². The monoisotopic (exact) mass is 474 g/mol. The predicted octanol–water partition coefficient (Wildman–Crippen LogP) is 5.00. The molecule has 0 saturated heterocycles. The number of urea groups is 1. The van der Waals surface area contributed by atoms with Crippen molar-refractivity contribution in [3.05, 3.63) is 67.0 Å². The van der Waals surface area contributed by atoms with Gasteiger partial charge in [-0.25, -0.2) is 9.18 Å². The van der Waals surface area contributed by atoms with Crippen molar-refractivity contribution in [3.63, 3.8) is 0 Å². The molecule has 178 valence electrons. The second-order valence-corrected chi connectivity index (χ2v) is 8.60. The summed E-state index contributed by atoms with van der Waals surface area (Å²) in [4.78, 5) is 16.6. The summed E-state index contributed by atoms with van der Waals surface area (Å²) in [6.07, 6.45) is 6.62. The van der Waals surface area contributed by atoms with Gasteiger partial charge in [0.15, 0.2) is 5.82 Å². The minimum Gasteiger partial charge on any atom is -0.457 e. The fraction of sp³-hybridized carbons (Fsp3) is 0.208. The van der Waals surface area contributed by atoms with E-state index in [2.05, 4.69) is 25.8 Å². The number of rotatable bonds is 6. The molecule has 10 nitrogen and oxygen atoms in total. The van der Waals surface area contributed by atoms with E-state index in [0.29, 0.717) is 17.3 Å². The van der Waals surface area contributed by atoms with E-state index in [-0.39, 0.29) is 23.5 Å².